The summed E-state index contributed by atoms with van der Waals surface area (Å²) in [6, 6.07) is 8.60. The first kappa shape index (κ1) is 11.7. The molecular weight excluding hydrogens is 226 g/mol. The SMILES string of the molecule is O=C(O)C1(NC2CCc3ccccc32)CCCC1. The van der Waals surface area contributed by atoms with Gasteiger partial charge in [0.2, 0.25) is 0 Å². The van der Waals surface area contributed by atoms with Crippen molar-refractivity contribution in [1.82, 2.24) is 5.32 Å². The van der Waals surface area contributed by atoms with Gasteiger partial charge in [-0.25, -0.2) is 0 Å². The van der Waals surface area contributed by atoms with E-state index in [1.165, 1.54) is 11.1 Å². The number of carboxylic acids is 1. The highest BCUT2D eigenvalue weighted by atomic mass is 16.4. The molecule has 0 aromatic heterocycles. The quantitative estimate of drug-likeness (QED) is 0.860. The average Bonchev–Trinajstić information content (AvgIpc) is 2.99. The van der Waals surface area contributed by atoms with Gasteiger partial charge in [-0.2, -0.15) is 0 Å². The van der Waals surface area contributed by atoms with Crippen LogP contribution in [0.25, 0.3) is 0 Å². The molecule has 2 aliphatic carbocycles. The normalized spacial score (nSPS) is 25.0. The number of fused-ring (bicyclic) bond motifs is 1. The van der Waals surface area contributed by atoms with E-state index in [0.29, 0.717) is 0 Å². The predicted molar refractivity (Wildman–Crippen MR) is 69.5 cm³/mol. The number of hydrogen-bond donors (Lipinski definition) is 2. The van der Waals surface area contributed by atoms with Gasteiger partial charge in [-0.15, -0.1) is 0 Å². The van der Waals surface area contributed by atoms with Crippen molar-refractivity contribution in [2.45, 2.75) is 50.1 Å². The first-order valence-electron chi connectivity index (χ1n) is 6.80. The van der Waals surface area contributed by atoms with E-state index in [2.05, 4.69) is 23.5 Å². The van der Waals surface area contributed by atoms with Crippen LogP contribution in [0, 0.1) is 0 Å². The number of aliphatic carboxylic acids is 1. The minimum atomic E-state index is -0.678. The molecule has 1 atom stereocenters. The molecule has 3 nitrogen and oxygen atoms in total. The largest absolute Gasteiger partial charge is 0.480 e. The fraction of sp³-hybridized carbons (Fsp3) is 0.533. The third kappa shape index (κ3) is 1.83. The lowest BCUT2D eigenvalue weighted by Gasteiger charge is -2.29. The topological polar surface area (TPSA) is 49.3 Å². The highest BCUT2D eigenvalue weighted by Crippen LogP contribution is 2.37. The van der Waals surface area contributed by atoms with Crippen LogP contribution in [0.3, 0.4) is 0 Å². The van der Waals surface area contributed by atoms with Crippen LogP contribution in [0.5, 0.6) is 0 Å². The van der Waals surface area contributed by atoms with Crippen LogP contribution < -0.4 is 5.32 Å². The molecule has 3 rings (SSSR count). The van der Waals surface area contributed by atoms with E-state index in [-0.39, 0.29) is 6.04 Å². The van der Waals surface area contributed by atoms with E-state index in [4.69, 9.17) is 0 Å². The summed E-state index contributed by atoms with van der Waals surface area (Å²) in [6.45, 7) is 0. The molecule has 0 heterocycles. The monoisotopic (exact) mass is 245 g/mol. The number of benzene rings is 1. The molecule has 96 valence electrons. The molecule has 18 heavy (non-hydrogen) atoms. The Labute approximate surface area is 107 Å². The Bertz CT molecular complexity index is 463. The van der Waals surface area contributed by atoms with E-state index in [1.54, 1.807) is 0 Å². The summed E-state index contributed by atoms with van der Waals surface area (Å²) in [4.78, 5) is 11.6. The smallest absolute Gasteiger partial charge is 0.323 e. The van der Waals surface area contributed by atoms with Crippen LogP contribution in [0.4, 0.5) is 0 Å². The molecule has 1 saturated carbocycles. The van der Waals surface area contributed by atoms with Crippen molar-refractivity contribution in [3.05, 3.63) is 35.4 Å². The highest BCUT2D eigenvalue weighted by Gasteiger charge is 2.43. The van der Waals surface area contributed by atoms with Crippen molar-refractivity contribution >= 4 is 5.97 Å². The van der Waals surface area contributed by atoms with Crippen LogP contribution in [0.2, 0.25) is 0 Å². The second-order valence-electron chi connectivity index (χ2n) is 5.53. The molecule has 1 fully saturated rings. The Morgan fingerprint density at radius 2 is 2.00 bits per heavy atom. The molecule has 1 aromatic carbocycles. The molecular formula is C15H19NO2. The minimum Gasteiger partial charge on any atom is -0.480 e. The summed E-state index contributed by atoms with van der Waals surface area (Å²) in [5, 5.41) is 13.0. The Morgan fingerprint density at radius 3 is 2.72 bits per heavy atom. The summed E-state index contributed by atoms with van der Waals surface area (Å²) in [5.74, 6) is -0.676. The van der Waals surface area contributed by atoms with Crippen molar-refractivity contribution in [1.29, 1.82) is 0 Å². The van der Waals surface area contributed by atoms with E-state index < -0.39 is 11.5 Å². The maximum Gasteiger partial charge on any atom is 0.323 e. The number of rotatable bonds is 3. The fourth-order valence-corrected chi connectivity index (χ4v) is 3.44. The van der Waals surface area contributed by atoms with Gasteiger partial charge in [-0.3, -0.25) is 10.1 Å². The van der Waals surface area contributed by atoms with E-state index >= 15 is 0 Å². The number of carbonyl (C=O) groups is 1. The van der Waals surface area contributed by atoms with Gasteiger partial charge in [0.1, 0.15) is 5.54 Å². The fourth-order valence-electron chi connectivity index (χ4n) is 3.44. The number of aryl methyl sites for hydroxylation is 1. The van der Waals surface area contributed by atoms with E-state index in [1.807, 2.05) is 6.07 Å². The molecule has 3 heteroatoms. The Kier molecular flexibility index (Phi) is 2.86. The molecule has 0 aliphatic heterocycles. The zero-order valence-electron chi connectivity index (χ0n) is 10.5. The lowest BCUT2D eigenvalue weighted by molar-refractivity contribution is -0.145. The molecule has 0 bridgehead atoms. The molecule has 0 spiro atoms. The zero-order valence-corrected chi connectivity index (χ0v) is 10.5. The standard InChI is InChI=1S/C15H19NO2/c17-14(18)15(9-3-4-10-15)16-13-8-7-11-5-1-2-6-12(11)13/h1-2,5-6,13,16H,3-4,7-10H2,(H,17,18). The van der Waals surface area contributed by atoms with E-state index in [0.717, 1.165) is 38.5 Å². The number of hydrogen-bond acceptors (Lipinski definition) is 2. The molecule has 0 amide bonds. The van der Waals surface area contributed by atoms with Crippen molar-refractivity contribution in [3.8, 4) is 0 Å². The predicted octanol–water partition coefficient (Wildman–Crippen LogP) is 2.66. The zero-order chi connectivity index (χ0) is 12.6. The first-order valence-corrected chi connectivity index (χ1v) is 6.80. The van der Waals surface area contributed by atoms with Crippen molar-refractivity contribution in [2.75, 3.05) is 0 Å². The van der Waals surface area contributed by atoms with E-state index in [9.17, 15) is 9.90 Å². The number of nitrogens with one attached hydrogen (secondary N) is 1. The molecule has 1 aromatic rings. The summed E-state index contributed by atoms with van der Waals surface area (Å²) in [6.07, 6.45) is 5.65. The summed E-state index contributed by atoms with van der Waals surface area (Å²) >= 11 is 0. The van der Waals surface area contributed by atoms with Gasteiger partial charge in [0.15, 0.2) is 0 Å². The van der Waals surface area contributed by atoms with Gasteiger partial charge >= 0.3 is 5.97 Å². The van der Waals surface area contributed by atoms with Crippen molar-refractivity contribution in [3.63, 3.8) is 0 Å². The maximum absolute atomic E-state index is 11.6. The Morgan fingerprint density at radius 1 is 1.28 bits per heavy atom. The van der Waals surface area contributed by atoms with Gasteiger partial charge < -0.3 is 5.11 Å². The minimum absolute atomic E-state index is 0.218. The number of carboxylic acid groups (broad SMARTS) is 1. The molecule has 2 aliphatic rings. The van der Waals surface area contributed by atoms with Crippen LogP contribution in [0.15, 0.2) is 24.3 Å². The second kappa shape index (κ2) is 4.39. The Balaban J connectivity index is 1.83. The lowest BCUT2D eigenvalue weighted by atomic mass is 9.95. The second-order valence-corrected chi connectivity index (χ2v) is 5.53. The summed E-state index contributed by atoms with van der Waals surface area (Å²) in [7, 11) is 0. The Hall–Kier alpha value is -1.35. The van der Waals surface area contributed by atoms with Crippen molar-refractivity contribution in [2.24, 2.45) is 0 Å². The van der Waals surface area contributed by atoms with Gasteiger partial charge in [0.05, 0.1) is 0 Å². The van der Waals surface area contributed by atoms with Gasteiger partial charge in [0, 0.05) is 6.04 Å². The summed E-state index contributed by atoms with van der Waals surface area (Å²) < 4.78 is 0. The molecule has 0 saturated heterocycles. The molecule has 1 unspecified atom stereocenters. The highest BCUT2D eigenvalue weighted by molar-refractivity contribution is 5.79. The van der Waals surface area contributed by atoms with Crippen LogP contribution >= 0.6 is 0 Å². The first-order chi connectivity index (χ1) is 8.71. The van der Waals surface area contributed by atoms with Crippen molar-refractivity contribution < 1.29 is 9.90 Å². The van der Waals surface area contributed by atoms with Gasteiger partial charge in [-0.1, -0.05) is 37.1 Å². The van der Waals surface area contributed by atoms with Crippen LogP contribution in [-0.4, -0.2) is 16.6 Å². The third-order valence-corrected chi connectivity index (χ3v) is 4.45. The van der Waals surface area contributed by atoms with Gasteiger partial charge in [-0.05, 0) is 36.8 Å². The average molecular weight is 245 g/mol. The summed E-state index contributed by atoms with van der Waals surface area (Å²) in [5.41, 5.74) is 1.99. The molecule has 0 radical (unpaired) electrons. The maximum atomic E-state index is 11.6. The third-order valence-electron chi connectivity index (χ3n) is 4.45. The lowest BCUT2D eigenvalue weighted by Crippen LogP contribution is -2.50. The molecule has 2 N–H and O–H groups in total. The van der Waals surface area contributed by atoms with Gasteiger partial charge in [0.25, 0.3) is 0 Å². The van der Waals surface area contributed by atoms with Crippen LogP contribution in [-0.2, 0) is 11.2 Å². The van der Waals surface area contributed by atoms with Crippen LogP contribution in [0.1, 0.15) is 49.3 Å².